The normalized spacial score (nSPS) is 13.9. The lowest BCUT2D eigenvalue weighted by molar-refractivity contribution is -0.110. The van der Waals surface area contributed by atoms with Crippen molar-refractivity contribution in [1.29, 1.82) is 0 Å². The topological polar surface area (TPSA) is 70.9 Å². The van der Waals surface area contributed by atoms with E-state index in [0.29, 0.717) is 11.3 Å². The molecule has 0 fully saturated rings. The summed E-state index contributed by atoms with van der Waals surface area (Å²) in [4.78, 5) is 15.3. The lowest BCUT2D eigenvalue weighted by atomic mass is 10.0. The van der Waals surface area contributed by atoms with Crippen LogP contribution in [0.1, 0.15) is 22.4 Å². The van der Waals surface area contributed by atoms with Gasteiger partial charge >= 0.3 is 0 Å². The standard InChI is InChI=1S/C21H15N3O/c22-16-8-5-14(6-9-16)3-4-15-7-10-20-18(12-15)19(21(25)24-20)13-17-2-1-11-23-17/h1-2,5-13,23H,22H2,(H,24,25)/b19-13-. The van der Waals surface area contributed by atoms with Crippen LogP contribution < -0.4 is 11.1 Å². The molecule has 1 aliphatic heterocycles. The molecule has 0 saturated heterocycles. The first-order valence-electron chi connectivity index (χ1n) is 7.87. The van der Waals surface area contributed by atoms with Crippen molar-refractivity contribution in [2.24, 2.45) is 0 Å². The Labute approximate surface area is 145 Å². The number of anilines is 2. The Morgan fingerprint density at radius 3 is 2.48 bits per heavy atom. The van der Waals surface area contributed by atoms with Gasteiger partial charge in [-0.3, -0.25) is 4.79 Å². The van der Waals surface area contributed by atoms with Gasteiger partial charge in [-0.25, -0.2) is 0 Å². The summed E-state index contributed by atoms with van der Waals surface area (Å²) in [5.74, 6) is 6.15. The van der Waals surface area contributed by atoms with Crippen molar-refractivity contribution in [3.63, 3.8) is 0 Å². The number of nitrogen functional groups attached to an aromatic ring is 1. The highest BCUT2D eigenvalue weighted by molar-refractivity contribution is 6.34. The molecule has 4 rings (SSSR count). The number of carbonyl (C=O) groups is 1. The van der Waals surface area contributed by atoms with Crippen molar-refractivity contribution in [2.45, 2.75) is 0 Å². The van der Waals surface area contributed by atoms with Crippen LogP contribution in [0.25, 0.3) is 11.6 Å². The summed E-state index contributed by atoms with van der Waals surface area (Å²) in [5, 5.41) is 2.88. The molecule has 1 aromatic heterocycles. The molecule has 4 nitrogen and oxygen atoms in total. The van der Waals surface area contributed by atoms with Crippen LogP contribution >= 0.6 is 0 Å². The number of fused-ring (bicyclic) bond motifs is 1. The summed E-state index contributed by atoms with van der Waals surface area (Å²) in [5.41, 5.74) is 11.3. The highest BCUT2D eigenvalue weighted by Gasteiger charge is 2.24. The fourth-order valence-corrected chi connectivity index (χ4v) is 2.71. The largest absolute Gasteiger partial charge is 0.399 e. The molecular weight excluding hydrogens is 310 g/mol. The number of benzene rings is 2. The van der Waals surface area contributed by atoms with Crippen molar-refractivity contribution in [1.82, 2.24) is 4.98 Å². The molecule has 0 bridgehead atoms. The second-order valence-corrected chi connectivity index (χ2v) is 5.77. The monoisotopic (exact) mass is 325 g/mol. The van der Waals surface area contributed by atoms with E-state index in [9.17, 15) is 4.79 Å². The Morgan fingerprint density at radius 1 is 0.960 bits per heavy atom. The summed E-state index contributed by atoms with van der Waals surface area (Å²) in [6.45, 7) is 0. The van der Waals surface area contributed by atoms with Gasteiger partial charge < -0.3 is 16.0 Å². The summed E-state index contributed by atoms with van der Waals surface area (Å²) < 4.78 is 0. The summed E-state index contributed by atoms with van der Waals surface area (Å²) in [6.07, 6.45) is 3.67. The summed E-state index contributed by atoms with van der Waals surface area (Å²) in [7, 11) is 0. The number of nitrogens with one attached hydrogen (secondary N) is 2. The lowest BCUT2D eigenvalue weighted by Gasteiger charge is -1.99. The molecule has 2 aromatic carbocycles. The first kappa shape index (κ1) is 14.9. The predicted octanol–water partition coefficient (Wildman–Crippen LogP) is 3.49. The molecule has 0 radical (unpaired) electrons. The Hall–Kier alpha value is -3.71. The van der Waals surface area contributed by atoms with E-state index in [4.69, 9.17) is 5.73 Å². The third-order valence-electron chi connectivity index (χ3n) is 3.99. The zero-order chi connectivity index (χ0) is 17.2. The molecule has 2 heterocycles. The summed E-state index contributed by atoms with van der Waals surface area (Å²) >= 11 is 0. The van der Waals surface area contributed by atoms with Crippen LogP contribution in [0.3, 0.4) is 0 Å². The van der Waals surface area contributed by atoms with E-state index in [2.05, 4.69) is 22.1 Å². The van der Waals surface area contributed by atoms with Gasteiger partial charge in [-0.05, 0) is 60.7 Å². The SMILES string of the molecule is Nc1ccc(C#Cc2ccc3c(c2)/C(=C/c2ccc[nH]2)C(=O)N3)cc1. The van der Waals surface area contributed by atoms with E-state index < -0.39 is 0 Å². The van der Waals surface area contributed by atoms with Crippen LogP contribution in [0.15, 0.2) is 60.8 Å². The van der Waals surface area contributed by atoms with Crippen LogP contribution in [0.4, 0.5) is 11.4 Å². The number of aromatic amines is 1. The van der Waals surface area contributed by atoms with Gasteiger partial charge in [0.2, 0.25) is 0 Å². The van der Waals surface area contributed by atoms with Crippen LogP contribution in [0.2, 0.25) is 0 Å². The average molecular weight is 325 g/mol. The molecular formula is C21H15N3O. The zero-order valence-electron chi connectivity index (χ0n) is 13.3. The maximum Gasteiger partial charge on any atom is 0.256 e. The number of H-pyrrole nitrogens is 1. The Balaban J connectivity index is 1.69. The maximum atomic E-state index is 12.2. The number of amides is 1. The summed E-state index contributed by atoms with van der Waals surface area (Å²) in [6, 6.07) is 17.0. The molecule has 0 aliphatic carbocycles. The fraction of sp³-hybridized carbons (Fsp3) is 0. The van der Waals surface area contributed by atoms with Crippen molar-refractivity contribution >= 4 is 28.9 Å². The minimum absolute atomic E-state index is 0.103. The molecule has 4 N–H and O–H groups in total. The molecule has 120 valence electrons. The third kappa shape index (κ3) is 3.04. The van der Waals surface area contributed by atoms with Gasteiger partial charge in [-0.1, -0.05) is 11.8 Å². The molecule has 0 unspecified atom stereocenters. The van der Waals surface area contributed by atoms with E-state index in [-0.39, 0.29) is 5.91 Å². The second kappa shape index (κ2) is 6.06. The van der Waals surface area contributed by atoms with Gasteiger partial charge in [0.05, 0.1) is 5.57 Å². The van der Waals surface area contributed by atoms with Crippen molar-refractivity contribution < 1.29 is 4.79 Å². The molecule has 25 heavy (non-hydrogen) atoms. The van der Waals surface area contributed by atoms with E-state index in [0.717, 1.165) is 28.1 Å². The van der Waals surface area contributed by atoms with E-state index in [1.54, 1.807) is 0 Å². The number of carbonyl (C=O) groups excluding carboxylic acids is 1. The lowest BCUT2D eigenvalue weighted by Crippen LogP contribution is -2.03. The van der Waals surface area contributed by atoms with Crippen molar-refractivity contribution in [3.8, 4) is 11.8 Å². The minimum Gasteiger partial charge on any atom is -0.399 e. The third-order valence-corrected chi connectivity index (χ3v) is 3.99. The number of aromatic nitrogens is 1. The highest BCUT2D eigenvalue weighted by Crippen LogP contribution is 2.33. The highest BCUT2D eigenvalue weighted by atomic mass is 16.2. The van der Waals surface area contributed by atoms with Crippen molar-refractivity contribution in [2.75, 3.05) is 11.1 Å². The Kier molecular flexibility index (Phi) is 3.60. The number of nitrogens with two attached hydrogens (primary N) is 1. The quantitative estimate of drug-likeness (QED) is 0.364. The molecule has 4 heteroatoms. The van der Waals surface area contributed by atoms with E-state index in [1.807, 2.05) is 66.9 Å². The van der Waals surface area contributed by atoms with Gasteiger partial charge in [-0.2, -0.15) is 0 Å². The Bertz CT molecular complexity index is 1030. The van der Waals surface area contributed by atoms with E-state index in [1.165, 1.54) is 0 Å². The van der Waals surface area contributed by atoms with Gasteiger partial charge in [0, 0.05) is 40.0 Å². The minimum atomic E-state index is -0.103. The molecule has 3 aromatic rings. The maximum absolute atomic E-state index is 12.2. The number of hydrogen-bond donors (Lipinski definition) is 3. The molecule has 0 atom stereocenters. The average Bonchev–Trinajstić information content (AvgIpc) is 3.23. The first-order valence-corrected chi connectivity index (χ1v) is 7.87. The van der Waals surface area contributed by atoms with E-state index >= 15 is 0 Å². The first-order chi connectivity index (χ1) is 12.2. The number of hydrogen-bond acceptors (Lipinski definition) is 2. The zero-order valence-corrected chi connectivity index (χ0v) is 13.3. The Morgan fingerprint density at radius 2 is 1.72 bits per heavy atom. The second-order valence-electron chi connectivity index (χ2n) is 5.77. The predicted molar refractivity (Wildman–Crippen MR) is 101 cm³/mol. The van der Waals surface area contributed by atoms with Crippen LogP contribution in [-0.4, -0.2) is 10.9 Å². The molecule has 1 amide bonds. The van der Waals surface area contributed by atoms with Gasteiger partial charge in [0.1, 0.15) is 0 Å². The smallest absolute Gasteiger partial charge is 0.256 e. The van der Waals surface area contributed by atoms with Gasteiger partial charge in [0.25, 0.3) is 5.91 Å². The molecule has 0 saturated carbocycles. The van der Waals surface area contributed by atoms with Gasteiger partial charge in [-0.15, -0.1) is 0 Å². The van der Waals surface area contributed by atoms with Crippen LogP contribution in [-0.2, 0) is 4.79 Å². The fourth-order valence-electron chi connectivity index (χ4n) is 2.71. The number of rotatable bonds is 1. The van der Waals surface area contributed by atoms with Gasteiger partial charge in [0.15, 0.2) is 0 Å². The molecule has 0 spiro atoms. The van der Waals surface area contributed by atoms with Crippen LogP contribution in [0.5, 0.6) is 0 Å². The molecule has 1 aliphatic rings. The van der Waals surface area contributed by atoms with Crippen LogP contribution in [0, 0.1) is 11.8 Å². The van der Waals surface area contributed by atoms with Crippen molar-refractivity contribution in [3.05, 3.63) is 83.2 Å².